The lowest BCUT2D eigenvalue weighted by Crippen LogP contribution is -2.45. The fourth-order valence-corrected chi connectivity index (χ4v) is 3.30. The standard InChI is InChI=1S/C14H21N3O4/c18-9-10-8-11(16-5-2-1-3-6-16)13(21-10)17-7-4-12(19)15-14(17)20/h4,7,10-11,13,18H,1-3,5-6,8-9H2,(H,15,19,20)/t10-,11+,13+/m0/s1. The molecule has 0 spiro atoms. The predicted molar refractivity (Wildman–Crippen MR) is 76.1 cm³/mol. The van der Waals surface area contributed by atoms with Crippen molar-refractivity contribution in [3.8, 4) is 0 Å². The van der Waals surface area contributed by atoms with Crippen molar-refractivity contribution in [3.05, 3.63) is 33.1 Å². The van der Waals surface area contributed by atoms with Gasteiger partial charge in [0.05, 0.1) is 18.8 Å². The molecule has 3 atom stereocenters. The molecule has 2 aliphatic rings. The summed E-state index contributed by atoms with van der Waals surface area (Å²) in [5.74, 6) is 0. The van der Waals surface area contributed by atoms with E-state index in [0.29, 0.717) is 6.42 Å². The summed E-state index contributed by atoms with van der Waals surface area (Å²) in [6.45, 7) is 1.92. The van der Waals surface area contributed by atoms with Crippen molar-refractivity contribution in [2.75, 3.05) is 19.7 Å². The third kappa shape index (κ3) is 2.95. The highest BCUT2D eigenvalue weighted by molar-refractivity contribution is 4.93. The Morgan fingerprint density at radius 1 is 1.29 bits per heavy atom. The van der Waals surface area contributed by atoms with Gasteiger partial charge in [-0.15, -0.1) is 0 Å². The van der Waals surface area contributed by atoms with E-state index in [0.717, 1.165) is 25.9 Å². The van der Waals surface area contributed by atoms with Crippen LogP contribution in [0.25, 0.3) is 0 Å². The van der Waals surface area contributed by atoms with Crippen molar-refractivity contribution in [2.45, 2.75) is 44.1 Å². The number of nitrogens with zero attached hydrogens (tertiary/aromatic N) is 2. The summed E-state index contributed by atoms with van der Waals surface area (Å²) >= 11 is 0. The van der Waals surface area contributed by atoms with Gasteiger partial charge < -0.3 is 9.84 Å². The molecule has 2 N–H and O–H groups in total. The molecule has 0 radical (unpaired) electrons. The molecule has 7 heteroatoms. The van der Waals surface area contributed by atoms with Crippen molar-refractivity contribution >= 4 is 0 Å². The molecule has 0 bridgehead atoms. The molecular weight excluding hydrogens is 274 g/mol. The summed E-state index contributed by atoms with van der Waals surface area (Å²) in [4.78, 5) is 27.8. The fraction of sp³-hybridized carbons (Fsp3) is 0.714. The van der Waals surface area contributed by atoms with E-state index in [1.807, 2.05) is 0 Å². The molecule has 0 aromatic carbocycles. The third-order valence-electron chi connectivity index (χ3n) is 4.35. The van der Waals surface area contributed by atoms with Gasteiger partial charge in [-0.2, -0.15) is 0 Å². The number of piperidine rings is 1. The highest BCUT2D eigenvalue weighted by Crippen LogP contribution is 2.33. The first-order valence-electron chi connectivity index (χ1n) is 7.51. The Kier molecular flexibility index (Phi) is 4.23. The maximum atomic E-state index is 12.0. The van der Waals surface area contributed by atoms with E-state index in [-0.39, 0.29) is 18.8 Å². The van der Waals surface area contributed by atoms with Crippen LogP contribution in [-0.4, -0.2) is 51.4 Å². The number of ether oxygens (including phenoxy) is 1. The molecule has 0 saturated carbocycles. The van der Waals surface area contributed by atoms with Crippen LogP contribution in [0.5, 0.6) is 0 Å². The molecule has 3 rings (SSSR count). The zero-order valence-corrected chi connectivity index (χ0v) is 11.9. The largest absolute Gasteiger partial charge is 0.394 e. The number of hydrogen-bond acceptors (Lipinski definition) is 5. The van der Waals surface area contributed by atoms with Gasteiger partial charge in [-0.25, -0.2) is 4.79 Å². The van der Waals surface area contributed by atoms with Gasteiger partial charge in [-0.05, 0) is 32.4 Å². The van der Waals surface area contributed by atoms with E-state index in [2.05, 4.69) is 9.88 Å². The van der Waals surface area contributed by atoms with Crippen molar-refractivity contribution < 1.29 is 9.84 Å². The van der Waals surface area contributed by atoms with E-state index in [1.54, 1.807) is 0 Å². The van der Waals surface area contributed by atoms with E-state index in [9.17, 15) is 14.7 Å². The minimum absolute atomic E-state index is 0.0566. The van der Waals surface area contributed by atoms with Crippen LogP contribution < -0.4 is 11.2 Å². The van der Waals surface area contributed by atoms with Crippen LogP contribution >= 0.6 is 0 Å². The van der Waals surface area contributed by atoms with Crippen LogP contribution in [0.15, 0.2) is 21.9 Å². The van der Waals surface area contributed by atoms with Gasteiger partial charge in [0.2, 0.25) is 0 Å². The Morgan fingerprint density at radius 3 is 2.71 bits per heavy atom. The predicted octanol–water partition coefficient (Wildman–Crippen LogP) is -0.329. The van der Waals surface area contributed by atoms with Gasteiger partial charge in [0.25, 0.3) is 5.56 Å². The Labute approximate surface area is 122 Å². The molecule has 2 fully saturated rings. The molecule has 0 amide bonds. The topological polar surface area (TPSA) is 87.6 Å². The van der Waals surface area contributed by atoms with Gasteiger partial charge in [-0.3, -0.25) is 19.2 Å². The number of aromatic amines is 1. The number of likely N-dealkylation sites (tertiary alicyclic amines) is 1. The van der Waals surface area contributed by atoms with E-state index in [1.165, 1.54) is 23.3 Å². The van der Waals surface area contributed by atoms with Crippen LogP contribution in [0.2, 0.25) is 0 Å². The monoisotopic (exact) mass is 295 g/mol. The van der Waals surface area contributed by atoms with Crippen molar-refractivity contribution in [1.29, 1.82) is 0 Å². The summed E-state index contributed by atoms with van der Waals surface area (Å²) in [6.07, 6.45) is 4.98. The molecule has 7 nitrogen and oxygen atoms in total. The first kappa shape index (κ1) is 14.5. The number of aliphatic hydroxyl groups is 1. The zero-order chi connectivity index (χ0) is 14.8. The second-order valence-corrected chi connectivity index (χ2v) is 5.75. The Balaban J connectivity index is 1.89. The molecule has 21 heavy (non-hydrogen) atoms. The SMILES string of the molecule is O=c1ccn([C@@H]2O[C@H](CO)C[C@H]2N2CCCCC2)c(=O)[nH]1. The van der Waals surface area contributed by atoms with Gasteiger partial charge in [-0.1, -0.05) is 6.42 Å². The molecule has 0 unspecified atom stereocenters. The lowest BCUT2D eigenvalue weighted by atomic mass is 10.0. The zero-order valence-electron chi connectivity index (χ0n) is 11.9. The maximum absolute atomic E-state index is 12.0. The number of hydrogen-bond donors (Lipinski definition) is 2. The second kappa shape index (κ2) is 6.13. The van der Waals surface area contributed by atoms with Gasteiger partial charge in [0.15, 0.2) is 6.23 Å². The first-order chi connectivity index (χ1) is 10.2. The molecule has 2 saturated heterocycles. The normalized spacial score (nSPS) is 30.6. The van der Waals surface area contributed by atoms with Crippen molar-refractivity contribution in [2.24, 2.45) is 0 Å². The number of aliphatic hydroxyl groups excluding tert-OH is 1. The van der Waals surface area contributed by atoms with Crippen LogP contribution in [0.1, 0.15) is 31.9 Å². The average molecular weight is 295 g/mol. The quantitative estimate of drug-likeness (QED) is 0.797. The summed E-state index contributed by atoms with van der Waals surface area (Å²) in [6, 6.07) is 1.38. The minimum Gasteiger partial charge on any atom is -0.394 e. The van der Waals surface area contributed by atoms with Crippen LogP contribution in [0.4, 0.5) is 0 Å². The van der Waals surface area contributed by atoms with Gasteiger partial charge in [0, 0.05) is 12.3 Å². The van der Waals surface area contributed by atoms with Crippen LogP contribution in [0.3, 0.4) is 0 Å². The van der Waals surface area contributed by atoms with Crippen molar-refractivity contribution in [3.63, 3.8) is 0 Å². The van der Waals surface area contributed by atoms with Gasteiger partial charge in [0.1, 0.15) is 0 Å². The summed E-state index contributed by atoms with van der Waals surface area (Å²) in [7, 11) is 0. The van der Waals surface area contributed by atoms with E-state index < -0.39 is 17.5 Å². The minimum atomic E-state index is -0.465. The highest BCUT2D eigenvalue weighted by Gasteiger charge is 2.40. The first-order valence-corrected chi connectivity index (χ1v) is 7.51. The lowest BCUT2D eigenvalue weighted by molar-refractivity contribution is -0.0454. The van der Waals surface area contributed by atoms with E-state index >= 15 is 0 Å². The Morgan fingerprint density at radius 2 is 2.05 bits per heavy atom. The Hall–Kier alpha value is -1.44. The Bertz CT molecular complexity index is 590. The number of H-pyrrole nitrogens is 1. The maximum Gasteiger partial charge on any atom is 0.330 e. The molecule has 1 aromatic rings. The summed E-state index contributed by atoms with van der Waals surface area (Å²) < 4.78 is 7.26. The molecule has 0 aliphatic carbocycles. The van der Waals surface area contributed by atoms with Crippen LogP contribution in [0, 0.1) is 0 Å². The molecule has 3 heterocycles. The number of aromatic nitrogens is 2. The average Bonchev–Trinajstić information content (AvgIpc) is 2.92. The fourth-order valence-electron chi connectivity index (χ4n) is 3.30. The third-order valence-corrected chi connectivity index (χ3v) is 4.35. The summed E-state index contributed by atoms with van der Waals surface area (Å²) in [5, 5.41) is 9.37. The second-order valence-electron chi connectivity index (χ2n) is 5.75. The molecule has 116 valence electrons. The molecule has 1 aromatic heterocycles. The highest BCUT2D eigenvalue weighted by atomic mass is 16.5. The molecular formula is C14H21N3O4. The number of rotatable bonds is 3. The van der Waals surface area contributed by atoms with Gasteiger partial charge >= 0.3 is 5.69 Å². The lowest BCUT2D eigenvalue weighted by Gasteiger charge is -2.34. The van der Waals surface area contributed by atoms with Crippen molar-refractivity contribution in [1.82, 2.24) is 14.5 Å². The summed E-state index contributed by atoms with van der Waals surface area (Å²) in [5.41, 5.74) is -0.879. The molecule has 2 aliphatic heterocycles. The smallest absolute Gasteiger partial charge is 0.330 e. The van der Waals surface area contributed by atoms with Crippen LogP contribution in [-0.2, 0) is 4.74 Å². The number of nitrogens with one attached hydrogen (secondary N) is 1. The van der Waals surface area contributed by atoms with E-state index in [4.69, 9.17) is 4.74 Å².